The van der Waals surface area contributed by atoms with Crippen LogP contribution in [0.1, 0.15) is 47.3 Å². The second kappa shape index (κ2) is 6.96. The SMILES string of the molecule is CNC(=O)c1cc(OC)ccc1NC(=O)c1cc(C)n(C(C)(C)C)n1. The number of aromatic nitrogens is 2. The molecule has 0 radical (unpaired) electrons. The number of carbonyl (C=O) groups is 2. The van der Waals surface area contributed by atoms with Gasteiger partial charge in [-0.05, 0) is 52.0 Å². The van der Waals surface area contributed by atoms with Crippen LogP contribution >= 0.6 is 0 Å². The van der Waals surface area contributed by atoms with Crippen molar-refractivity contribution in [3.05, 3.63) is 41.2 Å². The number of nitrogens with zero attached hydrogens (tertiary/aromatic N) is 2. The van der Waals surface area contributed by atoms with Crippen LogP contribution in [0.25, 0.3) is 0 Å². The third kappa shape index (κ3) is 3.99. The Bertz CT molecular complexity index is 803. The Hall–Kier alpha value is -2.83. The fourth-order valence-electron chi connectivity index (χ4n) is 2.53. The lowest BCUT2D eigenvalue weighted by Gasteiger charge is -2.21. The van der Waals surface area contributed by atoms with E-state index in [2.05, 4.69) is 15.7 Å². The molecule has 2 amide bonds. The number of hydrogen-bond acceptors (Lipinski definition) is 4. The number of rotatable bonds is 4. The van der Waals surface area contributed by atoms with Crippen molar-refractivity contribution in [1.82, 2.24) is 15.1 Å². The lowest BCUT2D eigenvalue weighted by Crippen LogP contribution is -2.25. The van der Waals surface area contributed by atoms with Gasteiger partial charge in [0.2, 0.25) is 0 Å². The molecule has 0 unspecified atom stereocenters. The Morgan fingerprint density at radius 2 is 1.84 bits per heavy atom. The van der Waals surface area contributed by atoms with Gasteiger partial charge in [0.05, 0.1) is 23.9 Å². The lowest BCUT2D eigenvalue weighted by molar-refractivity contribution is 0.0963. The number of methoxy groups -OCH3 is 1. The molecular formula is C18H24N4O3. The first-order valence-corrected chi connectivity index (χ1v) is 7.96. The van der Waals surface area contributed by atoms with Crippen LogP contribution in [0, 0.1) is 6.92 Å². The number of benzene rings is 1. The molecule has 0 fully saturated rings. The highest BCUT2D eigenvalue weighted by Gasteiger charge is 2.21. The third-order valence-corrected chi connectivity index (χ3v) is 3.70. The van der Waals surface area contributed by atoms with Gasteiger partial charge in [0.25, 0.3) is 11.8 Å². The summed E-state index contributed by atoms with van der Waals surface area (Å²) >= 11 is 0. The smallest absolute Gasteiger partial charge is 0.276 e. The van der Waals surface area contributed by atoms with Crippen molar-refractivity contribution in [2.45, 2.75) is 33.2 Å². The Morgan fingerprint density at radius 3 is 2.36 bits per heavy atom. The highest BCUT2D eigenvalue weighted by atomic mass is 16.5. The van der Waals surface area contributed by atoms with Crippen LogP contribution in [-0.2, 0) is 5.54 Å². The van der Waals surface area contributed by atoms with Gasteiger partial charge in [-0.2, -0.15) is 5.10 Å². The predicted octanol–water partition coefficient (Wildman–Crippen LogP) is 2.57. The molecule has 0 saturated heterocycles. The molecule has 0 bridgehead atoms. The summed E-state index contributed by atoms with van der Waals surface area (Å²) in [5, 5.41) is 9.69. The summed E-state index contributed by atoms with van der Waals surface area (Å²) in [5.41, 5.74) is 1.68. The minimum atomic E-state index is -0.374. The van der Waals surface area contributed by atoms with E-state index in [0.29, 0.717) is 22.7 Å². The van der Waals surface area contributed by atoms with Crippen LogP contribution in [0.4, 0.5) is 5.69 Å². The van der Waals surface area contributed by atoms with Crippen LogP contribution in [0.5, 0.6) is 5.75 Å². The number of aryl methyl sites for hydroxylation is 1. The maximum atomic E-state index is 12.6. The first-order chi connectivity index (χ1) is 11.7. The van der Waals surface area contributed by atoms with E-state index >= 15 is 0 Å². The summed E-state index contributed by atoms with van der Waals surface area (Å²) in [6.45, 7) is 7.95. The molecule has 0 atom stereocenters. The average molecular weight is 344 g/mol. The highest BCUT2D eigenvalue weighted by molar-refractivity contribution is 6.08. The summed E-state index contributed by atoms with van der Waals surface area (Å²) < 4.78 is 6.94. The Kier molecular flexibility index (Phi) is 5.15. The quantitative estimate of drug-likeness (QED) is 0.893. The van der Waals surface area contributed by atoms with Crippen molar-refractivity contribution in [3.8, 4) is 5.75 Å². The zero-order valence-electron chi connectivity index (χ0n) is 15.4. The van der Waals surface area contributed by atoms with Gasteiger partial charge in [0.15, 0.2) is 5.69 Å². The third-order valence-electron chi connectivity index (χ3n) is 3.70. The van der Waals surface area contributed by atoms with E-state index in [1.807, 2.05) is 27.7 Å². The minimum absolute atomic E-state index is 0.226. The number of hydrogen-bond donors (Lipinski definition) is 2. The van der Waals surface area contributed by atoms with Crippen LogP contribution < -0.4 is 15.4 Å². The molecule has 0 aliphatic carbocycles. The van der Waals surface area contributed by atoms with Gasteiger partial charge in [0.1, 0.15) is 5.75 Å². The lowest BCUT2D eigenvalue weighted by atomic mass is 10.1. The van der Waals surface area contributed by atoms with E-state index in [1.54, 1.807) is 28.9 Å². The van der Waals surface area contributed by atoms with E-state index in [-0.39, 0.29) is 17.4 Å². The van der Waals surface area contributed by atoms with E-state index in [0.717, 1.165) is 5.69 Å². The molecule has 0 spiro atoms. The molecular weight excluding hydrogens is 320 g/mol. The van der Waals surface area contributed by atoms with Gasteiger partial charge in [-0.3, -0.25) is 14.3 Å². The highest BCUT2D eigenvalue weighted by Crippen LogP contribution is 2.23. The molecule has 2 N–H and O–H groups in total. The molecule has 2 aromatic rings. The van der Waals surface area contributed by atoms with E-state index in [9.17, 15) is 9.59 Å². The van der Waals surface area contributed by atoms with Crippen LogP contribution in [0.2, 0.25) is 0 Å². The van der Waals surface area contributed by atoms with Gasteiger partial charge in [-0.1, -0.05) is 0 Å². The van der Waals surface area contributed by atoms with Crippen molar-refractivity contribution in [2.75, 3.05) is 19.5 Å². The molecule has 134 valence electrons. The zero-order chi connectivity index (χ0) is 18.8. The van der Waals surface area contributed by atoms with Crippen molar-refractivity contribution in [2.24, 2.45) is 0 Å². The van der Waals surface area contributed by atoms with Gasteiger partial charge in [-0.25, -0.2) is 0 Å². The number of nitrogens with one attached hydrogen (secondary N) is 2. The van der Waals surface area contributed by atoms with Crippen molar-refractivity contribution in [3.63, 3.8) is 0 Å². The van der Waals surface area contributed by atoms with E-state index in [1.165, 1.54) is 14.2 Å². The second-order valence-electron chi connectivity index (χ2n) is 6.70. The maximum Gasteiger partial charge on any atom is 0.276 e. The molecule has 1 aromatic heterocycles. The Labute approximate surface area is 147 Å². The predicted molar refractivity (Wildman–Crippen MR) is 96.3 cm³/mol. The van der Waals surface area contributed by atoms with Gasteiger partial charge < -0.3 is 15.4 Å². The Morgan fingerprint density at radius 1 is 1.16 bits per heavy atom. The molecule has 7 heteroatoms. The maximum absolute atomic E-state index is 12.6. The zero-order valence-corrected chi connectivity index (χ0v) is 15.4. The Balaban J connectivity index is 2.34. The van der Waals surface area contributed by atoms with Crippen molar-refractivity contribution in [1.29, 1.82) is 0 Å². The number of amides is 2. The van der Waals surface area contributed by atoms with E-state index < -0.39 is 0 Å². The normalized spacial score (nSPS) is 11.1. The molecule has 7 nitrogen and oxygen atoms in total. The molecule has 1 heterocycles. The molecule has 2 rings (SSSR count). The summed E-state index contributed by atoms with van der Waals surface area (Å²) in [6, 6.07) is 6.62. The van der Waals surface area contributed by atoms with Crippen LogP contribution in [-0.4, -0.2) is 35.8 Å². The molecule has 0 saturated carbocycles. The van der Waals surface area contributed by atoms with Crippen LogP contribution in [0.15, 0.2) is 24.3 Å². The monoisotopic (exact) mass is 344 g/mol. The summed E-state index contributed by atoms with van der Waals surface area (Å²) in [7, 11) is 3.05. The first-order valence-electron chi connectivity index (χ1n) is 7.96. The van der Waals surface area contributed by atoms with Gasteiger partial charge >= 0.3 is 0 Å². The number of carbonyl (C=O) groups excluding carboxylic acids is 2. The molecule has 0 aliphatic heterocycles. The minimum Gasteiger partial charge on any atom is -0.497 e. The fraction of sp³-hybridized carbons (Fsp3) is 0.389. The molecule has 25 heavy (non-hydrogen) atoms. The number of anilines is 1. The standard InChI is InChI=1S/C18H24N4O3/c1-11-9-15(21-22(11)18(2,3)4)17(24)20-14-8-7-12(25-6)10-13(14)16(23)19-5/h7-10H,1-6H3,(H,19,23)(H,20,24). The summed E-state index contributed by atoms with van der Waals surface area (Å²) in [4.78, 5) is 24.6. The van der Waals surface area contributed by atoms with Gasteiger partial charge in [-0.15, -0.1) is 0 Å². The van der Waals surface area contributed by atoms with Crippen molar-refractivity contribution < 1.29 is 14.3 Å². The van der Waals surface area contributed by atoms with E-state index in [4.69, 9.17) is 4.74 Å². The molecule has 1 aromatic carbocycles. The average Bonchev–Trinajstić information content (AvgIpc) is 2.96. The van der Waals surface area contributed by atoms with Gasteiger partial charge in [0, 0.05) is 12.7 Å². The van der Waals surface area contributed by atoms with Crippen molar-refractivity contribution >= 4 is 17.5 Å². The van der Waals surface area contributed by atoms with Crippen LogP contribution in [0.3, 0.4) is 0 Å². The summed E-state index contributed by atoms with van der Waals surface area (Å²) in [5.74, 6) is -0.156. The first kappa shape index (κ1) is 18.5. The number of ether oxygens (including phenoxy) is 1. The second-order valence-corrected chi connectivity index (χ2v) is 6.70. The molecule has 0 aliphatic rings. The topological polar surface area (TPSA) is 85.3 Å². The fourth-order valence-corrected chi connectivity index (χ4v) is 2.53. The largest absolute Gasteiger partial charge is 0.497 e. The summed E-state index contributed by atoms with van der Waals surface area (Å²) in [6.07, 6.45) is 0.